The molecule has 4 heteroatoms. The van der Waals surface area contributed by atoms with Crippen molar-refractivity contribution < 1.29 is 4.74 Å². The summed E-state index contributed by atoms with van der Waals surface area (Å²) in [6.07, 6.45) is 10.2. The van der Waals surface area contributed by atoms with E-state index in [0.717, 1.165) is 29.3 Å². The van der Waals surface area contributed by atoms with Gasteiger partial charge in [-0.15, -0.1) is 0 Å². The highest BCUT2D eigenvalue weighted by Gasteiger charge is 2.51. The summed E-state index contributed by atoms with van der Waals surface area (Å²) < 4.78 is 8.50. The Morgan fingerprint density at radius 1 is 1.25 bits per heavy atom. The van der Waals surface area contributed by atoms with Crippen molar-refractivity contribution in [2.45, 2.75) is 57.3 Å². The van der Waals surface area contributed by atoms with Crippen LogP contribution in [0.1, 0.15) is 50.0 Å². The SMILES string of the molecule is Cn1cc(CN)nc1COC12CC3CC(CC(C3)C1)C2. The van der Waals surface area contributed by atoms with Gasteiger partial charge in [-0.1, -0.05) is 0 Å². The Labute approximate surface area is 120 Å². The van der Waals surface area contributed by atoms with Crippen molar-refractivity contribution in [2.24, 2.45) is 30.5 Å². The van der Waals surface area contributed by atoms with Gasteiger partial charge in [0.1, 0.15) is 12.4 Å². The second-order valence-corrected chi connectivity index (χ2v) is 7.35. The van der Waals surface area contributed by atoms with E-state index in [1.54, 1.807) is 0 Å². The van der Waals surface area contributed by atoms with Crippen LogP contribution in [-0.2, 0) is 24.9 Å². The van der Waals surface area contributed by atoms with E-state index >= 15 is 0 Å². The summed E-state index contributed by atoms with van der Waals surface area (Å²) in [4.78, 5) is 4.56. The van der Waals surface area contributed by atoms with Gasteiger partial charge in [0.15, 0.2) is 0 Å². The fourth-order valence-electron chi connectivity index (χ4n) is 5.23. The van der Waals surface area contributed by atoms with Crippen molar-refractivity contribution in [1.29, 1.82) is 0 Å². The Bertz CT molecular complexity index is 473. The van der Waals surface area contributed by atoms with Crippen LogP contribution in [0.4, 0.5) is 0 Å². The van der Waals surface area contributed by atoms with E-state index in [1.165, 1.54) is 38.5 Å². The predicted molar refractivity (Wildman–Crippen MR) is 76.8 cm³/mol. The van der Waals surface area contributed by atoms with Crippen LogP contribution in [0.25, 0.3) is 0 Å². The summed E-state index contributed by atoms with van der Waals surface area (Å²) in [6, 6.07) is 0. The standard InChI is InChI=1S/C16H25N3O/c1-19-9-14(8-17)18-15(19)10-20-16-5-11-2-12(6-16)4-13(3-11)7-16/h9,11-13H,2-8,10,17H2,1H3. The summed E-state index contributed by atoms with van der Waals surface area (Å²) in [7, 11) is 2.03. The average Bonchev–Trinajstić information content (AvgIpc) is 2.76. The maximum atomic E-state index is 6.44. The lowest BCUT2D eigenvalue weighted by Gasteiger charge is -2.56. The topological polar surface area (TPSA) is 53.1 Å². The summed E-state index contributed by atoms with van der Waals surface area (Å²) in [6.45, 7) is 1.15. The van der Waals surface area contributed by atoms with Gasteiger partial charge in [-0.3, -0.25) is 0 Å². The Balaban J connectivity index is 1.47. The van der Waals surface area contributed by atoms with Crippen LogP contribution in [0.5, 0.6) is 0 Å². The van der Waals surface area contributed by atoms with E-state index < -0.39 is 0 Å². The quantitative estimate of drug-likeness (QED) is 0.918. The van der Waals surface area contributed by atoms with Crippen molar-refractivity contribution in [2.75, 3.05) is 0 Å². The molecule has 0 unspecified atom stereocenters. The highest BCUT2D eigenvalue weighted by atomic mass is 16.5. The number of hydrogen-bond acceptors (Lipinski definition) is 3. The number of rotatable bonds is 4. The van der Waals surface area contributed by atoms with Crippen molar-refractivity contribution >= 4 is 0 Å². The smallest absolute Gasteiger partial charge is 0.134 e. The van der Waals surface area contributed by atoms with Gasteiger partial charge in [0.2, 0.25) is 0 Å². The Kier molecular flexibility index (Phi) is 2.93. The van der Waals surface area contributed by atoms with E-state index in [2.05, 4.69) is 9.55 Å². The van der Waals surface area contributed by atoms with Crippen LogP contribution in [-0.4, -0.2) is 15.2 Å². The first-order valence-corrected chi connectivity index (χ1v) is 8.01. The fourth-order valence-corrected chi connectivity index (χ4v) is 5.23. The summed E-state index contributed by atoms with van der Waals surface area (Å²) >= 11 is 0. The first-order valence-electron chi connectivity index (χ1n) is 8.01. The van der Waals surface area contributed by atoms with Gasteiger partial charge in [-0.25, -0.2) is 4.98 Å². The molecule has 0 saturated heterocycles. The van der Waals surface area contributed by atoms with Crippen molar-refractivity contribution in [1.82, 2.24) is 9.55 Å². The van der Waals surface area contributed by atoms with Crippen LogP contribution < -0.4 is 5.73 Å². The zero-order valence-electron chi connectivity index (χ0n) is 12.3. The number of hydrogen-bond donors (Lipinski definition) is 1. The van der Waals surface area contributed by atoms with Crippen LogP contribution in [0, 0.1) is 17.8 Å². The maximum Gasteiger partial charge on any atom is 0.134 e. The third-order valence-corrected chi connectivity index (χ3v) is 5.72. The molecule has 4 aliphatic rings. The third kappa shape index (κ3) is 2.09. The second-order valence-electron chi connectivity index (χ2n) is 7.35. The molecule has 5 rings (SSSR count). The van der Waals surface area contributed by atoms with Crippen molar-refractivity contribution in [3.63, 3.8) is 0 Å². The van der Waals surface area contributed by atoms with Gasteiger partial charge in [0, 0.05) is 19.8 Å². The monoisotopic (exact) mass is 275 g/mol. The molecule has 20 heavy (non-hydrogen) atoms. The van der Waals surface area contributed by atoms with Crippen LogP contribution in [0.3, 0.4) is 0 Å². The molecule has 4 bridgehead atoms. The summed E-state index contributed by atoms with van der Waals surface area (Å²) in [5, 5.41) is 0. The van der Waals surface area contributed by atoms with Crippen LogP contribution in [0.2, 0.25) is 0 Å². The molecule has 110 valence electrons. The molecule has 4 nitrogen and oxygen atoms in total. The molecule has 0 radical (unpaired) electrons. The molecule has 4 saturated carbocycles. The minimum Gasteiger partial charge on any atom is -0.367 e. The first-order chi connectivity index (χ1) is 9.66. The van der Waals surface area contributed by atoms with Gasteiger partial charge in [-0.05, 0) is 56.3 Å². The number of imidazole rings is 1. The molecular formula is C16H25N3O. The Hall–Kier alpha value is -0.870. The zero-order chi connectivity index (χ0) is 13.7. The Morgan fingerprint density at radius 3 is 2.35 bits per heavy atom. The van der Waals surface area contributed by atoms with Gasteiger partial charge >= 0.3 is 0 Å². The van der Waals surface area contributed by atoms with E-state index in [1.807, 2.05) is 13.2 Å². The molecule has 0 aliphatic heterocycles. The summed E-state index contributed by atoms with van der Waals surface area (Å²) in [5.41, 5.74) is 6.78. The van der Waals surface area contributed by atoms with Crippen LogP contribution in [0.15, 0.2) is 6.20 Å². The second kappa shape index (κ2) is 4.57. The largest absolute Gasteiger partial charge is 0.367 e. The highest BCUT2D eigenvalue weighted by Crippen LogP contribution is 2.57. The van der Waals surface area contributed by atoms with Gasteiger partial charge in [0.25, 0.3) is 0 Å². The normalized spacial score (nSPS) is 38.6. The molecule has 0 atom stereocenters. The lowest BCUT2D eigenvalue weighted by atomic mass is 9.54. The van der Waals surface area contributed by atoms with E-state index in [0.29, 0.717) is 13.2 Å². The molecule has 1 aromatic rings. The van der Waals surface area contributed by atoms with Gasteiger partial charge < -0.3 is 15.0 Å². The molecule has 4 fully saturated rings. The highest BCUT2D eigenvalue weighted by molar-refractivity contribution is 5.05. The lowest BCUT2D eigenvalue weighted by Crippen LogP contribution is -2.51. The molecule has 1 heterocycles. The minimum atomic E-state index is 0.170. The molecule has 0 spiro atoms. The number of aromatic nitrogens is 2. The predicted octanol–water partition coefficient (Wildman–Crippen LogP) is 2.36. The van der Waals surface area contributed by atoms with E-state index in [-0.39, 0.29) is 5.60 Å². The molecular weight excluding hydrogens is 250 g/mol. The Morgan fingerprint density at radius 2 is 1.85 bits per heavy atom. The molecule has 2 N–H and O–H groups in total. The first kappa shape index (κ1) is 12.8. The summed E-state index contributed by atoms with van der Waals surface area (Å²) in [5.74, 6) is 3.81. The van der Waals surface area contributed by atoms with E-state index in [9.17, 15) is 0 Å². The molecule has 4 aliphatic carbocycles. The lowest BCUT2D eigenvalue weighted by molar-refractivity contribution is -0.170. The van der Waals surface area contributed by atoms with Gasteiger partial charge in [-0.2, -0.15) is 0 Å². The van der Waals surface area contributed by atoms with Crippen molar-refractivity contribution in [3.8, 4) is 0 Å². The number of aryl methyl sites for hydroxylation is 1. The molecule has 0 amide bonds. The van der Waals surface area contributed by atoms with Crippen LogP contribution >= 0.6 is 0 Å². The third-order valence-electron chi connectivity index (χ3n) is 5.72. The fraction of sp³-hybridized carbons (Fsp3) is 0.812. The molecule has 0 aromatic carbocycles. The zero-order valence-corrected chi connectivity index (χ0v) is 12.3. The molecule has 1 aromatic heterocycles. The average molecular weight is 275 g/mol. The van der Waals surface area contributed by atoms with Gasteiger partial charge in [0.05, 0.1) is 11.3 Å². The minimum absolute atomic E-state index is 0.170. The van der Waals surface area contributed by atoms with Crippen molar-refractivity contribution in [3.05, 3.63) is 17.7 Å². The van der Waals surface area contributed by atoms with E-state index in [4.69, 9.17) is 10.5 Å². The maximum absolute atomic E-state index is 6.44. The number of nitrogens with two attached hydrogens (primary N) is 1. The number of nitrogens with zero attached hydrogens (tertiary/aromatic N) is 2. The number of ether oxygens (including phenoxy) is 1.